The summed E-state index contributed by atoms with van der Waals surface area (Å²) in [5, 5.41) is 0. The van der Waals surface area contributed by atoms with Gasteiger partial charge in [0.05, 0.1) is 5.92 Å². The molecule has 1 aliphatic heterocycles. The molecule has 31 heavy (non-hydrogen) atoms. The standard InChI is InChI=1S/C26H31NO4/c1-20(31-25(29)18-10-16-22-13-6-3-7-14-22)23-19-27(26(23)30)24(28)17-9-8-15-21-11-4-2-5-12-21/h2-7,11-14,20,23H,8-10,15-19H2,1H3/t20-,23+/m1/s1. The van der Waals surface area contributed by atoms with E-state index in [1.807, 2.05) is 48.5 Å². The Morgan fingerprint density at radius 1 is 0.903 bits per heavy atom. The average molecular weight is 422 g/mol. The zero-order valence-electron chi connectivity index (χ0n) is 18.2. The van der Waals surface area contributed by atoms with Gasteiger partial charge in [-0.1, -0.05) is 60.7 Å². The van der Waals surface area contributed by atoms with Crippen LogP contribution in [0.1, 0.15) is 50.2 Å². The first-order valence-corrected chi connectivity index (χ1v) is 11.2. The minimum Gasteiger partial charge on any atom is -0.462 e. The lowest BCUT2D eigenvalue weighted by Gasteiger charge is -2.39. The highest BCUT2D eigenvalue weighted by atomic mass is 16.5. The Morgan fingerprint density at radius 3 is 2.06 bits per heavy atom. The maximum Gasteiger partial charge on any atom is 0.306 e. The first kappa shape index (κ1) is 22.7. The van der Waals surface area contributed by atoms with Crippen molar-refractivity contribution in [3.63, 3.8) is 0 Å². The number of likely N-dealkylation sites (tertiary alicyclic amines) is 1. The molecule has 0 radical (unpaired) electrons. The van der Waals surface area contributed by atoms with E-state index in [9.17, 15) is 14.4 Å². The second-order valence-corrected chi connectivity index (χ2v) is 8.18. The molecule has 0 spiro atoms. The number of amides is 2. The Balaban J connectivity index is 1.30. The summed E-state index contributed by atoms with van der Waals surface area (Å²) in [6.45, 7) is 2.08. The van der Waals surface area contributed by atoms with Crippen LogP contribution >= 0.6 is 0 Å². The van der Waals surface area contributed by atoms with Gasteiger partial charge >= 0.3 is 5.97 Å². The molecular weight excluding hydrogens is 390 g/mol. The normalized spacial score (nSPS) is 16.5. The molecule has 0 aliphatic carbocycles. The van der Waals surface area contributed by atoms with Crippen LogP contribution in [-0.2, 0) is 32.0 Å². The number of aryl methyl sites for hydroxylation is 2. The topological polar surface area (TPSA) is 63.7 Å². The number of carbonyl (C=O) groups excluding carboxylic acids is 3. The van der Waals surface area contributed by atoms with Gasteiger partial charge in [-0.25, -0.2) is 0 Å². The molecule has 2 atom stereocenters. The summed E-state index contributed by atoms with van der Waals surface area (Å²) < 4.78 is 5.44. The van der Waals surface area contributed by atoms with E-state index < -0.39 is 12.0 Å². The van der Waals surface area contributed by atoms with E-state index in [0.717, 1.165) is 25.7 Å². The quantitative estimate of drug-likeness (QED) is 0.308. The highest BCUT2D eigenvalue weighted by Crippen LogP contribution is 2.25. The molecule has 1 aliphatic rings. The van der Waals surface area contributed by atoms with Gasteiger partial charge in [0.1, 0.15) is 6.10 Å². The van der Waals surface area contributed by atoms with Gasteiger partial charge in [-0.05, 0) is 50.2 Å². The lowest BCUT2D eigenvalue weighted by molar-refractivity contribution is -0.169. The van der Waals surface area contributed by atoms with Crippen LogP contribution in [0, 0.1) is 5.92 Å². The smallest absolute Gasteiger partial charge is 0.306 e. The fourth-order valence-corrected chi connectivity index (χ4v) is 3.84. The Labute approximate surface area is 184 Å². The van der Waals surface area contributed by atoms with E-state index in [1.54, 1.807) is 6.92 Å². The first-order valence-electron chi connectivity index (χ1n) is 11.2. The highest BCUT2D eigenvalue weighted by Gasteiger charge is 2.44. The summed E-state index contributed by atoms with van der Waals surface area (Å²) in [7, 11) is 0. The molecule has 0 aromatic heterocycles. The van der Waals surface area contributed by atoms with E-state index in [0.29, 0.717) is 25.8 Å². The van der Waals surface area contributed by atoms with Crippen molar-refractivity contribution in [2.75, 3.05) is 6.54 Å². The molecule has 1 heterocycles. The molecular formula is C26H31NO4. The highest BCUT2D eigenvalue weighted by molar-refractivity contribution is 6.01. The van der Waals surface area contributed by atoms with Gasteiger partial charge in [-0.3, -0.25) is 19.3 Å². The van der Waals surface area contributed by atoms with Crippen molar-refractivity contribution >= 4 is 17.8 Å². The van der Waals surface area contributed by atoms with Crippen LogP contribution < -0.4 is 0 Å². The van der Waals surface area contributed by atoms with Gasteiger partial charge in [0.25, 0.3) is 0 Å². The Bertz CT molecular complexity index is 865. The molecule has 1 fully saturated rings. The fraction of sp³-hybridized carbons (Fsp3) is 0.423. The third kappa shape index (κ3) is 6.78. The van der Waals surface area contributed by atoms with E-state index >= 15 is 0 Å². The molecule has 0 N–H and O–H groups in total. The van der Waals surface area contributed by atoms with Crippen molar-refractivity contribution < 1.29 is 19.1 Å². The van der Waals surface area contributed by atoms with Crippen LogP contribution in [-0.4, -0.2) is 35.3 Å². The number of esters is 1. The Morgan fingerprint density at radius 2 is 1.48 bits per heavy atom. The maximum atomic E-state index is 12.4. The maximum absolute atomic E-state index is 12.4. The number of unbranched alkanes of at least 4 members (excludes halogenated alkanes) is 1. The molecule has 5 heteroatoms. The number of hydrogen-bond donors (Lipinski definition) is 0. The van der Waals surface area contributed by atoms with Crippen molar-refractivity contribution in [2.45, 2.75) is 58.0 Å². The lowest BCUT2D eigenvalue weighted by atomic mass is 9.92. The van der Waals surface area contributed by atoms with Gasteiger partial charge < -0.3 is 4.74 Å². The van der Waals surface area contributed by atoms with Crippen LogP contribution in [0.25, 0.3) is 0 Å². The molecule has 0 bridgehead atoms. The van der Waals surface area contributed by atoms with E-state index in [4.69, 9.17) is 4.74 Å². The van der Waals surface area contributed by atoms with Crippen molar-refractivity contribution in [1.29, 1.82) is 0 Å². The fourth-order valence-electron chi connectivity index (χ4n) is 3.84. The number of ether oxygens (including phenoxy) is 1. The largest absolute Gasteiger partial charge is 0.462 e. The third-order valence-electron chi connectivity index (χ3n) is 5.79. The molecule has 1 saturated heterocycles. The van der Waals surface area contributed by atoms with Crippen LogP contribution in [0.3, 0.4) is 0 Å². The number of carbonyl (C=O) groups is 3. The van der Waals surface area contributed by atoms with E-state index in [2.05, 4.69) is 12.1 Å². The number of β-lactam (4-membered cyclic amide) rings is 1. The van der Waals surface area contributed by atoms with Crippen LogP contribution in [0.2, 0.25) is 0 Å². The Hall–Kier alpha value is -2.95. The van der Waals surface area contributed by atoms with Crippen molar-refractivity contribution in [1.82, 2.24) is 4.90 Å². The molecule has 0 unspecified atom stereocenters. The monoisotopic (exact) mass is 421 g/mol. The zero-order valence-corrected chi connectivity index (χ0v) is 18.2. The summed E-state index contributed by atoms with van der Waals surface area (Å²) in [4.78, 5) is 38.1. The van der Waals surface area contributed by atoms with Gasteiger partial charge in [0.2, 0.25) is 11.8 Å². The van der Waals surface area contributed by atoms with E-state index in [-0.39, 0.29) is 17.8 Å². The summed E-state index contributed by atoms with van der Waals surface area (Å²) in [5.74, 6) is -1.05. The molecule has 5 nitrogen and oxygen atoms in total. The number of benzene rings is 2. The molecule has 2 amide bonds. The second-order valence-electron chi connectivity index (χ2n) is 8.18. The zero-order chi connectivity index (χ0) is 22.1. The summed E-state index contributed by atoms with van der Waals surface area (Å²) in [5.41, 5.74) is 2.45. The van der Waals surface area contributed by atoms with Crippen LogP contribution in [0.15, 0.2) is 60.7 Å². The predicted octanol–water partition coefficient (Wildman–Crippen LogP) is 4.34. The van der Waals surface area contributed by atoms with Crippen LogP contribution in [0.5, 0.6) is 0 Å². The molecule has 2 aromatic rings. The summed E-state index contributed by atoms with van der Waals surface area (Å²) in [6.07, 6.45) is 4.33. The van der Waals surface area contributed by atoms with Gasteiger partial charge in [-0.15, -0.1) is 0 Å². The lowest BCUT2D eigenvalue weighted by Crippen LogP contribution is -2.59. The van der Waals surface area contributed by atoms with Crippen molar-refractivity contribution in [3.8, 4) is 0 Å². The summed E-state index contributed by atoms with van der Waals surface area (Å²) in [6, 6.07) is 20.2. The van der Waals surface area contributed by atoms with Crippen LogP contribution in [0.4, 0.5) is 0 Å². The number of hydrogen-bond acceptors (Lipinski definition) is 4. The Kier molecular flexibility index (Phi) is 8.39. The van der Waals surface area contributed by atoms with Gasteiger partial charge in [0.15, 0.2) is 0 Å². The second kappa shape index (κ2) is 11.4. The molecule has 164 valence electrons. The van der Waals surface area contributed by atoms with E-state index in [1.165, 1.54) is 16.0 Å². The number of rotatable bonds is 11. The molecule has 2 aromatic carbocycles. The van der Waals surface area contributed by atoms with Crippen molar-refractivity contribution in [2.24, 2.45) is 5.92 Å². The molecule has 3 rings (SSSR count). The minimum atomic E-state index is -0.501. The van der Waals surface area contributed by atoms with Crippen molar-refractivity contribution in [3.05, 3.63) is 71.8 Å². The third-order valence-corrected chi connectivity index (χ3v) is 5.79. The van der Waals surface area contributed by atoms with Gasteiger partial charge in [0, 0.05) is 19.4 Å². The summed E-state index contributed by atoms with van der Waals surface area (Å²) >= 11 is 0. The number of imide groups is 1. The first-order chi connectivity index (χ1) is 15.0. The number of nitrogens with zero attached hydrogens (tertiary/aromatic N) is 1. The average Bonchev–Trinajstić information content (AvgIpc) is 2.77. The predicted molar refractivity (Wildman–Crippen MR) is 119 cm³/mol. The van der Waals surface area contributed by atoms with Gasteiger partial charge in [-0.2, -0.15) is 0 Å². The SMILES string of the molecule is C[C@@H](OC(=O)CCCc1ccccc1)[C@@H]1CN(C(=O)CCCCc2ccccc2)C1=O. The minimum absolute atomic E-state index is 0.129. The molecule has 0 saturated carbocycles.